The number of hydrogen-bond acceptors (Lipinski definition) is 9. The summed E-state index contributed by atoms with van der Waals surface area (Å²) in [4.78, 5) is 43.0. The molecule has 0 spiro atoms. The van der Waals surface area contributed by atoms with Gasteiger partial charge in [-0.15, -0.1) is 0 Å². The molecule has 4 aromatic carbocycles. The van der Waals surface area contributed by atoms with E-state index in [0.29, 0.717) is 24.0 Å². The van der Waals surface area contributed by atoms with E-state index in [1.165, 1.54) is 4.90 Å². The first-order valence-corrected chi connectivity index (χ1v) is 18.8. The summed E-state index contributed by atoms with van der Waals surface area (Å²) in [6.07, 6.45) is -0.474. The van der Waals surface area contributed by atoms with Gasteiger partial charge < -0.3 is 40.8 Å². The lowest BCUT2D eigenvalue weighted by molar-refractivity contribution is -0.140. The summed E-state index contributed by atoms with van der Waals surface area (Å²) in [5, 5.41) is 5.66. The third-order valence-electron chi connectivity index (χ3n) is 8.29. The van der Waals surface area contributed by atoms with E-state index in [0.717, 1.165) is 5.56 Å². The first-order chi connectivity index (χ1) is 24.8. The third kappa shape index (κ3) is 10.2. The number of carbonyl (C=O) groups is 3. The largest absolute Gasteiger partial charge is 0.457 e. The second-order valence-electron chi connectivity index (χ2n) is 13.5. The van der Waals surface area contributed by atoms with Gasteiger partial charge in [0.05, 0.1) is 6.17 Å². The molecule has 3 atom stereocenters. The molecule has 0 aromatic heterocycles. The maximum atomic E-state index is 15.1. The number of benzene rings is 4. The molecule has 3 amide bonds. The normalized spacial score (nSPS) is 15.7. The zero-order valence-corrected chi connectivity index (χ0v) is 30.4. The second-order valence-corrected chi connectivity index (χ2v) is 15.5. The monoisotopic (exact) mass is 727 g/mol. The van der Waals surface area contributed by atoms with Crippen molar-refractivity contribution in [1.82, 2.24) is 15.5 Å². The maximum Gasteiger partial charge on any atom is 0.457 e. The van der Waals surface area contributed by atoms with Gasteiger partial charge in [0.25, 0.3) is 0 Å². The SMILES string of the molecule is CC(C)(C)OC(=O)N[C@H](Cc1ccccc1)C(=O)N1CCC[C@H]1C(=O)NC(c1ccc(C(N)N)cc1)P(=O)(Oc1ccccc1)Oc1ccccc1. The van der Waals surface area contributed by atoms with E-state index in [-0.39, 0.29) is 24.5 Å². The first kappa shape index (κ1) is 38.1. The molecule has 1 aliphatic rings. The standard InChI is InChI=1S/C39H46N5O7P/c1-39(2,3)49-38(47)42-32(26-27-14-7-4-8-15-27)37(46)44-25-13-20-33(44)35(45)43-36(29-23-21-28(22-24-29)34(40)41)52(48,50-30-16-9-5-10-17-30)51-31-18-11-6-12-19-31/h4-12,14-19,21-24,32-34,36H,13,20,25-26,40-41H2,1-3H3,(H,42,47)(H,43,45)/t32-,33+,36?/m1/s1. The fourth-order valence-corrected chi connectivity index (χ4v) is 7.76. The Morgan fingerprint density at radius 1 is 0.788 bits per heavy atom. The summed E-state index contributed by atoms with van der Waals surface area (Å²) in [6, 6.07) is 31.0. The lowest BCUT2D eigenvalue weighted by Gasteiger charge is -2.32. The van der Waals surface area contributed by atoms with E-state index in [1.807, 2.05) is 30.3 Å². The lowest BCUT2D eigenvalue weighted by Crippen LogP contribution is -2.55. The molecule has 52 heavy (non-hydrogen) atoms. The summed E-state index contributed by atoms with van der Waals surface area (Å²) in [6.45, 7) is 5.47. The Labute approximate surface area is 304 Å². The van der Waals surface area contributed by atoms with Crippen LogP contribution in [0.25, 0.3) is 0 Å². The van der Waals surface area contributed by atoms with Crippen LogP contribution in [0.3, 0.4) is 0 Å². The zero-order valence-electron chi connectivity index (χ0n) is 29.5. The van der Waals surface area contributed by atoms with Gasteiger partial charge in [0.2, 0.25) is 11.8 Å². The molecule has 274 valence electrons. The number of para-hydroxylation sites is 2. The average molecular weight is 728 g/mol. The fraction of sp³-hybridized carbons (Fsp3) is 0.308. The Morgan fingerprint density at radius 3 is 1.83 bits per heavy atom. The molecule has 1 aliphatic heterocycles. The van der Waals surface area contributed by atoms with Gasteiger partial charge in [-0.25, -0.2) is 9.36 Å². The minimum atomic E-state index is -4.35. The van der Waals surface area contributed by atoms with Crippen LogP contribution in [0.4, 0.5) is 4.79 Å². The van der Waals surface area contributed by atoms with Gasteiger partial charge in [0, 0.05) is 13.0 Å². The average Bonchev–Trinajstić information content (AvgIpc) is 3.61. The van der Waals surface area contributed by atoms with Crippen LogP contribution in [0.1, 0.15) is 62.3 Å². The number of amides is 3. The summed E-state index contributed by atoms with van der Waals surface area (Å²) >= 11 is 0. The highest BCUT2D eigenvalue weighted by molar-refractivity contribution is 7.55. The molecule has 1 heterocycles. The van der Waals surface area contributed by atoms with Gasteiger partial charge in [-0.2, -0.15) is 0 Å². The molecule has 5 rings (SSSR count). The smallest absolute Gasteiger partial charge is 0.444 e. The molecule has 1 saturated heterocycles. The predicted molar refractivity (Wildman–Crippen MR) is 198 cm³/mol. The van der Waals surface area contributed by atoms with E-state index < -0.39 is 55.1 Å². The number of nitrogens with zero attached hydrogens (tertiary/aromatic N) is 1. The predicted octanol–water partition coefficient (Wildman–Crippen LogP) is 6.20. The van der Waals surface area contributed by atoms with Crippen molar-refractivity contribution in [3.8, 4) is 11.5 Å². The summed E-state index contributed by atoms with van der Waals surface area (Å²) < 4.78 is 32.9. The molecule has 4 aromatic rings. The van der Waals surface area contributed by atoms with Crippen molar-refractivity contribution in [3.63, 3.8) is 0 Å². The molecule has 6 N–H and O–H groups in total. The van der Waals surface area contributed by atoms with Crippen LogP contribution in [-0.4, -0.2) is 47.0 Å². The van der Waals surface area contributed by atoms with Crippen LogP contribution in [0.5, 0.6) is 11.5 Å². The number of likely N-dealkylation sites (tertiary alicyclic amines) is 1. The van der Waals surface area contributed by atoms with Crippen molar-refractivity contribution in [3.05, 3.63) is 132 Å². The van der Waals surface area contributed by atoms with Crippen molar-refractivity contribution in [2.75, 3.05) is 6.54 Å². The number of hydrogen-bond donors (Lipinski definition) is 4. The van der Waals surface area contributed by atoms with E-state index in [4.69, 9.17) is 25.3 Å². The molecule has 0 bridgehead atoms. The fourth-order valence-electron chi connectivity index (χ4n) is 5.86. The number of rotatable bonds is 13. The van der Waals surface area contributed by atoms with Gasteiger partial charge in [0.1, 0.15) is 29.2 Å². The van der Waals surface area contributed by atoms with Crippen molar-refractivity contribution in [2.45, 2.75) is 69.7 Å². The zero-order chi connectivity index (χ0) is 37.3. The van der Waals surface area contributed by atoms with Crippen LogP contribution >= 0.6 is 7.60 Å². The van der Waals surface area contributed by atoms with E-state index in [9.17, 15) is 14.4 Å². The maximum absolute atomic E-state index is 15.1. The number of nitrogens with two attached hydrogens (primary N) is 2. The van der Waals surface area contributed by atoms with Crippen LogP contribution < -0.4 is 31.1 Å². The number of carbonyl (C=O) groups excluding carboxylic acids is 3. The van der Waals surface area contributed by atoms with Crippen molar-refractivity contribution >= 4 is 25.5 Å². The highest BCUT2D eigenvalue weighted by atomic mass is 31.2. The molecule has 12 nitrogen and oxygen atoms in total. The Balaban J connectivity index is 1.48. The van der Waals surface area contributed by atoms with Crippen LogP contribution in [-0.2, 0) is 25.3 Å². The quantitative estimate of drug-likeness (QED) is 0.0924. The van der Waals surface area contributed by atoms with Gasteiger partial charge in [-0.3, -0.25) is 9.59 Å². The summed E-state index contributed by atoms with van der Waals surface area (Å²) in [5.74, 6) is -1.83. The molecule has 0 radical (unpaired) electrons. The van der Waals surface area contributed by atoms with Crippen molar-refractivity contribution in [1.29, 1.82) is 0 Å². The summed E-state index contributed by atoms with van der Waals surface area (Å²) in [5.41, 5.74) is 12.8. The van der Waals surface area contributed by atoms with Crippen molar-refractivity contribution in [2.24, 2.45) is 11.5 Å². The Bertz CT molecular complexity index is 1790. The molecule has 13 heteroatoms. The number of ether oxygens (including phenoxy) is 1. The first-order valence-electron chi connectivity index (χ1n) is 17.2. The van der Waals surface area contributed by atoms with Gasteiger partial charge in [0.15, 0.2) is 5.78 Å². The second kappa shape index (κ2) is 16.9. The van der Waals surface area contributed by atoms with E-state index in [1.54, 1.807) is 106 Å². The highest BCUT2D eigenvalue weighted by Crippen LogP contribution is 2.59. The molecule has 1 unspecified atom stereocenters. The third-order valence-corrected chi connectivity index (χ3v) is 10.3. The van der Waals surface area contributed by atoms with Crippen LogP contribution in [0, 0.1) is 0 Å². The Hall–Kier alpha value is -5.16. The van der Waals surface area contributed by atoms with E-state index in [2.05, 4.69) is 10.6 Å². The molecule has 0 aliphatic carbocycles. The van der Waals surface area contributed by atoms with Gasteiger partial charge in [-0.05, 0) is 74.6 Å². The van der Waals surface area contributed by atoms with Crippen LogP contribution in [0.2, 0.25) is 0 Å². The van der Waals surface area contributed by atoms with E-state index >= 15 is 4.57 Å². The molecular formula is C39H46N5O7P. The summed E-state index contributed by atoms with van der Waals surface area (Å²) in [7, 11) is -4.35. The molecule has 1 fully saturated rings. The minimum absolute atomic E-state index is 0.174. The van der Waals surface area contributed by atoms with Gasteiger partial charge in [-0.1, -0.05) is 91.0 Å². The number of nitrogens with one attached hydrogen (secondary N) is 2. The highest BCUT2D eigenvalue weighted by Gasteiger charge is 2.45. The Morgan fingerprint density at radius 2 is 1.31 bits per heavy atom. The Kier molecular flexibility index (Phi) is 12.4. The minimum Gasteiger partial charge on any atom is -0.444 e. The molecule has 0 saturated carbocycles. The van der Waals surface area contributed by atoms with Crippen LogP contribution in [0.15, 0.2) is 115 Å². The number of alkyl carbamates (subject to hydrolysis) is 1. The molecular weight excluding hydrogens is 681 g/mol. The topological polar surface area (TPSA) is 175 Å². The lowest BCUT2D eigenvalue weighted by atomic mass is 10.0. The van der Waals surface area contributed by atoms with Gasteiger partial charge >= 0.3 is 13.7 Å². The van der Waals surface area contributed by atoms with Crippen molar-refractivity contribution < 1.29 is 32.7 Å².